The third-order valence-corrected chi connectivity index (χ3v) is 3.78. The molecule has 2 N–H and O–H groups in total. The Kier molecular flexibility index (Phi) is 4.81. The molecule has 112 valence electrons. The van der Waals surface area contributed by atoms with Crippen molar-refractivity contribution < 1.29 is 4.74 Å². The van der Waals surface area contributed by atoms with Crippen LogP contribution in [0.25, 0.3) is 0 Å². The number of hydrogen-bond acceptors (Lipinski definition) is 5. The van der Waals surface area contributed by atoms with Crippen LogP contribution in [0.15, 0.2) is 6.07 Å². The van der Waals surface area contributed by atoms with Crippen LogP contribution in [-0.2, 0) is 0 Å². The van der Waals surface area contributed by atoms with Crippen molar-refractivity contribution in [3.05, 3.63) is 11.8 Å². The van der Waals surface area contributed by atoms with E-state index in [1.54, 1.807) is 0 Å². The zero-order chi connectivity index (χ0) is 14.7. The Morgan fingerprint density at radius 2 is 1.90 bits per heavy atom. The Hall–Kier alpha value is -1.36. The summed E-state index contributed by atoms with van der Waals surface area (Å²) in [5, 5.41) is 0. The van der Waals surface area contributed by atoms with E-state index in [9.17, 15) is 0 Å². The van der Waals surface area contributed by atoms with Gasteiger partial charge < -0.3 is 15.4 Å². The Labute approximate surface area is 121 Å². The number of nitrogens with zero attached hydrogens (tertiary/aromatic N) is 3. The largest absolute Gasteiger partial charge is 0.475 e. The summed E-state index contributed by atoms with van der Waals surface area (Å²) in [6.07, 6.45) is 4.49. The number of aryl methyl sites for hydroxylation is 1. The molecule has 1 heterocycles. The summed E-state index contributed by atoms with van der Waals surface area (Å²) < 4.78 is 5.69. The van der Waals surface area contributed by atoms with Gasteiger partial charge in [-0.3, -0.25) is 0 Å². The number of anilines is 1. The molecule has 1 aromatic heterocycles. The van der Waals surface area contributed by atoms with Gasteiger partial charge in [0, 0.05) is 30.9 Å². The molecule has 1 aromatic rings. The second-order valence-electron chi connectivity index (χ2n) is 5.99. The highest BCUT2D eigenvalue weighted by molar-refractivity contribution is 5.35. The summed E-state index contributed by atoms with van der Waals surface area (Å²) in [6.45, 7) is 5.98. The Balaban J connectivity index is 2.12. The standard InChI is InChI=1S/C15H26N4O/c1-10(2)20-14-9-11(3)17-15(18-14)19(4)13-7-5-12(16)6-8-13/h9-10,12-13H,5-8,16H2,1-4H3. The van der Waals surface area contributed by atoms with E-state index >= 15 is 0 Å². The molecule has 1 aliphatic rings. The van der Waals surface area contributed by atoms with E-state index in [-0.39, 0.29) is 6.10 Å². The van der Waals surface area contributed by atoms with Gasteiger partial charge in [0.2, 0.25) is 11.8 Å². The fourth-order valence-electron chi connectivity index (χ4n) is 2.64. The van der Waals surface area contributed by atoms with Crippen molar-refractivity contribution in [3.63, 3.8) is 0 Å². The lowest BCUT2D eigenvalue weighted by Gasteiger charge is -2.33. The zero-order valence-corrected chi connectivity index (χ0v) is 13.0. The van der Waals surface area contributed by atoms with Gasteiger partial charge in [-0.2, -0.15) is 4.98 Å². The molecule has 0 radical (unpaired) electrons. The van der Waals surface area contributed by atoms with Gasteiger partial charge in [0.25, 0.3) is 0 Å². The van der Waals surface area contributed by atoms with Crippen LogP contribution in [0, 0.1) is 6.92 Å². The molecule has 0 atom stereocenters. The van der Waals surface area contributed by atoms with Gasteiger partial charge in [0.05, 0.1) is 6.10 Å². The predicted octanol–water partition coefficient (Wildman–Crippen LogP) is 2.28. The van der Waals surface area contributed by atoms with Gasteiger partial charge >= 0.3 is 0 Å². The molecule has 2 rings (SSSR count). The Morgan fingerprint density at radius 3 is 2.50 bits per heavy atom. The highest BCUT2D eigenvalue weighted by Crippen LogP contribution is 2.25. The summed E-state index contributed by atoms with van der Waals surface area (Å²) in [4.78, 5) is 11.2. The maximum atomic E-state index is 5.97. The summed E-state index contributed by atoms with van der Waals surface area (Å²) in [5.74, 6) is 1.41. The molecule has 1 fully saturated rings. The number of aromatic nitrogens is 2. The molecule has 0 unspecified atom stereocenters. The molecule has 5 nitrogen and oxygen atoms in total. The number of nitrogens with two attached hydrogens (primary N) is 1. The van der Waals surface area contributed by atoms with Gasteiger partial charge in [-0.1, -0.05) is 0 Å². The average molecular weight is 278 g/mol. The fraction of sp³-hybridized carbons (Fsp3) is 0.733. The molecule has 1 saturated carbocycles. The Bertz CT molecular complexity index is 441. The SMILES string of the molecule is Cc1cc(OC(C)C)nc(N(C)C2CCC(N)CC2)n1. The maximum Gasteiger partial charge on any atom is 0.228 e. The molecule has 0 aliphatic heterocycles. The second-order valence-corrected chi connectivity index (χ2v) is 5.99. The average Bonchev–Trinajstić information content (AvgIpc) is 2.37. The van der Waals surface area contributed by atoms with E-state index in [1.165, 1.54) is 0 Å². The van der Waals surface area contributed by atoms with E-state index in [1.807, 2.05) is 26.8 Å². The van der Waals surface area contributed by atoms with Crippen molar-refractivity contribution in [1.29, 1.82) is 0 Å². The molecular formula is C15H26N4O. The lowest BCUT2D eigenvalue weighted by molar-refractivity contribution is 0.232. The number of rotatable bonds is 4. The molecule has 1 aliphatic carbocycles. The first-order chi connectivity index (χ1) is 9.45. The summed E-state index contributed by atoms with van der Waals surface area (Å²) >= 11 is 0. The first-order valence-corrected chi connectivity index (χ1v) is 7.46. The monoisotopic (exact) mass is 278 g/mol. The van der Waals surface area contributed by atoms with Crippen molar-refractivity contribution in [2.24, 2.45) is 5.73 Å². The van der Waals surface area contributed by atoms with Gasteiger partial charge in [-0.25, -0.2) is 4.98 Å². The topological polar surface area (TPSA) is 64.3 Å². The van der Waals surface area contributed by atoms with Crippen molar-refractivity contribution >= 4 is 5.95 Å². The summed E-state index contributed by atoms with van der Waals surface area (Å²) in [7, 11) is 2.06. The smallest absolute Gasteiger partial charge is 0.228 e. The third kappa shape index (κ3) is 3.82. The van der Waals surface area contributed by atoms with E-state index in [0.717, 1.165) is 37.3 Å². The molecule has 0 spiro atoms. The van der Waals surface area contributed by atoms with Crippen LogP contribution in [0.1, 0.15) is 45.2 Å². The van der Waals surface area contributed by atoms with Crippen molar-refractivity contribution in [1.82, 2.24) is 9.97 Å². The van der Waals surface area contributed by atoms with Crippen LogP contribution in [-0.4, -0.2) is 35.2 Å². The number of ether oxygens (including phenoxy) is 1. The first kappa shape index (κ1) is 15.0. The molecule has 5 heteroatoms. The molecule has 0 saturated heterocycles. The minimum absolute atomic E-state index is 0.120. The van der Waals surface area contributed by atoms with Gasteiger partial charge in [-0.15, -0.1) is 0 Å². The zero-order valence-electron chi connectivity index (χ0n) is 13.0. The van der Waals surface area contributed by atoms with E-state index < -0.39 is 0 Å². The highest BCUT2D eigenvalue weighted by Gasteiger charge is 2.24. The highest BCUT2D eigenvalue weighted by atomic mass is 16.5. The minimum atomic E-state index is 0.120. The Morgan fingerprint density at radius 1 is 1.25 bits per heavy atom. The van der Waals surface area contributed by atoms with Crippen LogP contribution in [0.2, 0.25) is 0 Å². The van der Waals surface area contributed by atoms with Gasteiger partial charge in [0.1, 0.15) is 0 Å². The number of hydrogen-bond donors (Lipinski definition) is 1. The van der Waals surface area contributed by atoms with Gasteiger partial charge in [0.15, 0.2) is 0 Å². The third-order valence-electron chi connectivity index (χ3n) is 3.78. The normalized spacial score (nSPS) is 22.9. The lowest BCUT2D eigenvalue weighted by Crippen LogP contribution is -2.39. The van der Waals surface area contributed by atoms with Crippen LogP contribution < -0.4 is 15.4 Å². The molecule has 20 heavy (non-hydrogen) atoms. The van der Waals surface area contributed by atoms with Crippen molar-refractivity contribution in [2.45, 2.75) is 64.6 Å². The molecular weight excluding hydrogens is 252 g/mol. The van der Waals surface area contributed by atoms with E-state index in [4.69, 9.17) is 10.5 Å². The summed E-state index contributed by atoms with van der Waals surface area (Å²) in [6, 6.07) is 2.72. The first-order valence-electron chi connectivity index (χ1n) is 7.46. The van der Waals surface area contributed by atoms with Crippen LogP contribution in [0.5, 0.6) is 5.88 Å². The van der Waals surface area contributed by atoms with Gasteiger partial charge in [-0.05, 0) is 46.5 Å². The summed E-state index contributed by atoms with van der Waals surface area (Å²) in [5.41, 5.74) is 6.90. The fourth-order valence-corrected chi connectivity index (χ4v) is 2.64. The predicted molar refractivity (Wildman–Crippen MR) is 81.2 cm³/mol. The quantitative estimate of drug-likeness (QED) is 0.915. The van der Waals surface area contributed by atoms with Crippen LogP contribution in [0.4, 0.5) is 5.95 Å². The minimum Gasteiger partial charge on any atom is -0.475 e. The molecule has 0 amide bonds. The van der Waals surface area contributed by atoms with E-state index in [2.05, 4.69) is 21.9 Å². The second kappa shape index (κ2) is 6.39. The van der Waals surface area contributed by atoms with E-state index in [0.29, 0.717) is 18.0 Å². The molecule has 0 bridgehead atoms. The maximum absolute atomic E-state index is 5.97. The molecule has 0 aromatic carbocycles. The van der Waals surface area contributed by atoms with Crippen molar-refractivity contribution in [2.75, 3.05) is 11.9 Å². The lowest BCUT2D eigenvalue weighted by atomic mass is 9.91. The van der Waals surface area contributed by atoms with Crippen LogP contribution in [0.3, 0.4) is 0 Å². The van der Waals surface area contributed by atoms with Crippen LogP contribution >= 0.6 is 0 Å². The van der Waals surface area contributed by atoms with Crippen molar-refractivity contribution in [3.8, 4) is 5.88 Å².